The molecule has 0 radical (unpaired) electrons. The Hall–Kier alpha value is -6.87. The second kappa shape index (κ2) is 22.0. The van der Waals surface area contributed by atoms with Gasteiger partial charge < -0.3 is 50.0 Å². The quantitative estimate of drug-likeness (QED) is 0.0742. The van der Waals surface area contributed by atoms with Crippen molar-refractivity contribution in [1.29, 1.82) is 0 Å². The zero-order chi connectivity index (χ0) is 52.6. The predicted molar refractivity (Wildman–Crippen MR) is 289 cm³/mol. The molecule has 20 heteroatoms. The number of nitrogens with one attached hydrogen (secondary N) is 1. The number of carbonyl (C=O) groups is 2. The molecule has 4 aromatic heterocycles. The van der Waals surface area contributed by atoms with E-state index < -0.39 is 18.1 Å². The number of likely N-dealkylation sites (tertiary alicyclic amines) is 2. The molecule has 76 heavy (non-hydrogen) atoms. The summed E-state index contributed by atoms with van der Waals surface area (Å²) in [4.78, 5) is 49.5. The minimum Gasteiger partial charge on any atom is -0.507 e. The summed E-state index contributed by atoms with van der Waals surface area (Å²) in [6, 6.07) is 23.2. The molecule has 5 fully saturated rings. The van der Waals surface area contributed by atoms with Crippen LogP contribution in [0, 0.1) is 12.8 Å². The van der Waals surface area contributed by atoms with Crippen LogP contribution < -0.4 is 30.3 Å². The number of thiazole rings is 1. The number of benzene rings is 2. The molecule has 4 bridgehead atoms. The standard InChI is InChI=1S/C56H68N12O7S/c1-33(2)52(56(72)67-31-43(69)24-47(67)55(71)60-34(3)36-9-11-37(12-10-36)53-35(4)59-32-76-53)49-26-51(63-75-49)74-22-20-66-39-13-14-40(66)28-64(27-39)19-21-73-50-23-38(17-18-58-50)68-41-15-16-42(68)30-65(29-41)46-25-45(61-62-54(46)57)44-7-5-6-8-48(44)70/h5-12,17-18,23,25-26,32-34,39-43,47,52,69-70H,13-16,19-22,24,27-31H2,1-4H3,(H2,57,62)(H,60,71)/t34-,39?,40?,41?,42?,43+,47-,52+/m0/s1. The summed E-state index contributed by atoms with van der Waals surface area (Å²) in [5.74, 6) is 0.353. The van der Waals surface area contributed by atoms with Crippen LogP contribution in [0.1, 0.15) is 81.9 Å². The zero-order valence-corrected chi connectivity index (χ0v) is 44.4. The molecular formula is C56H68N12O7S. The fourth-order valence-electron chi connectivity index (χ4n) is 12.4. The molecule has 5 saturated heterocycles. The van der Waals surface area contributed by atoms with Crippen molar-refractivity contribution in [3.63, 3.8) is 0 Å². The molecule has 0 saturated carbocycles. The van der Waals surface area contributed by atoms with E-state index in [0.29, 0.717) is 59.9 Å². The van der Waals surface area contributed by atoms with Crippen LogP contribution in [0.2, 0.25) is 0 Å². The van der Waals surface area contributed by atoms with Crippen molar-refractivity contribution in [1.82, 2.24) is 45.3 Å². The lowest BCUT2D eigenvalue weighted by atomic mass is 9.91. The molecule has 0 spiro atoms. The van der Waals surface area contributed by atoms with E-state index in [2.05, 4.69) is 62.4 Å². The smallest absolute Gasteiger partial charge is 0.254 e. The first-order valence-corrected chi connectivity index (χ1v) is 27.6. The first kappa shape index (κ1) is 51.2. The van der Waals surface area contributed by atoms with E-state index in [1.54, 1.807) is 29.5 Å². The largest absolute Gasteiger partial charge is 0.507 e. The van der Waals surface area contributed by atoms with Crippen molar-refractivity contribution in [3.05, 3.63) is 102 Å². The van der Waals surface area contributed by atoms with Crippen LogP contribution in [0.25, 0.3) is 21.7 Å². The number of hydrogen-bond acceptors (Lipinski definition) is 18. The van der Waals surface area contributed by atoms with Gasteiger partial charge in [-0.15, -0.1) is 21.5 Å². The average Bonchev–Trinajstić information content (AvgIpc) is 4.26. The van der Waals surface area contributed by atoms with Crippen LogP contribution >= 0.6 is 11.3 Å². The lowest BCUT2D eigenvalue weighted by molar-refractivity contribution is -0.141. The number of aromatic hydroxyl groups is 1. The molecule has 8 atom stereocenters. The Labute approximate surface area is 447 Å². The summed E-state index contributed by atoms with van der Waals surface area (Å²) in [6.45, 7) is 13.8. The maximum absolute atomic E-state index is 14.3. The van der Waals surface area contributed by atoms with E-state index >= 15 is 0 Å². The summed E-state index contributed by atoms with van der Waals surface area (Å²) < 4.78 is 18.3. The molecule has 5 aliphatic heterocycles. The van der Waals surface area contributed by atoms with Gasteiger partial charge in [0.2, 0.25) is 17.7 Å². The van der Waals surface area contributed by atoms with Gasteiger partial charge >= 0.3 is 0 Å². The number of nitrogens with zero attached hydrogens (tertiary/aromatic N) is 10. The van der Waals surface area contributed by atoms with Crippen LogP contribution in [0.3, 0.4) is 0 Å². The predicted octanol–water partition coefficient (Wildman–Crippen LogP) is 6.29. The fraction of sp³-hybridized carbons (Fsp3) is 0.482. The van der Waals surface area contributed by atoms with Gasteiger partial charge in [-0.3, -0.25) is 19.4 Å². The molecule has 4 unspecified atom stereocenters. The second-order valence-corrected chi connectivity index (χ2v) is 22.3. The number of ether oxygens (including phenoxy) is 2. The number of pyridine rings is 1. The van der Waals surface area contributed by atoms with Crippen LogP contribution in [-0.4, -0.2) is 157 Å². The summed E-state index contributed by atoms with van der Waals surface area (Å²) in [7, 11) is 0. The topological polar surface area (TPSA) is 225 Å². The first-order valence-electron chi connectivity index (χ1n) is 26.8. The summed E-state index contributed by atoms with van der Waals surface area (Å²) in [6.07, 6.45) is 5.55. The molecule has 2 amide bonds. The second-order valence-electron chi connectivity index (χ2n) is 21.5. The molecule has 19 nitrogen and oxygen atoms in total. The Morgan fingerprint density at radius 3 is 2.30 bits per heavy atom. The number of piperazine rings is 2. The lowest BCUT2D eigenvalue weighted by Gasteiger charge is -2.43. The van der Waals surface area contributed by atoms with Crippen molar-refractivity contribution in [2.45, 2.75) is 108 Å². The third-order valence-corrected chi connectivity index (χ3v) is 17.2. The number of rotatable bonds is 18. The van der Waals surface area contributed by atoms with Crippen LogP contribution in [0.15, 0.2) is 89.0 Å². The number of amides is 2. The number of β-amino-alcohol motifs (C(OH)–C–C–N with tert-alkyl or cyclic N) is 1. The number of hydrogen-bond donors (Lipinski definition) is 4. The highest BCUT2D eigenvalue weighted by Crippen LogP contribution is 2.40. The number of para-hydroxylation sites is 1. The highest BCUT2D eigenvalue weighted by atomic mass is 32.1. The van der Waals surface area contributed by atoms with E-state index in [-0.39, 0.29) is 54.6 Å². The third-order valence-electron chi connectivity index (χ3n) is 16.2. The number of nitrogen functional groups attached to an aromatic ring is 1. The minimum absolute atomic E-state index is 0.0542. The van der Waals surface area contributed by atoms with E-state index in [9.17, 15) is 19.8 Å². The number of aryl methyl sites for hydroxylation is 1. The Balaban J connectivity index is 0.636. The molecule has 9 heterocycles. The molecule has 5 aliphatic rings. The number of carbonyl (C=O) groups excluding carboxylic acids is 2. The van der Waals surface area contributed by atoms with Gasteiger partial charge in [0.05, 0.1) is 39.6 Å². The van der Waals surface area contributed by atoms with Gasteiger partial charge in [0, 0.05) is 106 Å². The Morgan fingerprint density at radius 2 is 1.58 bits per heavy atom. The maximum Gasteiger partial charge on any atom is 0.254 e. The SMILES string of the molecule is Cc1ncsc1-c1ccc([C@H](C)NC(=O)[C@@H]2C[C@@H](O)CN2C(=O)[C@@H](c2cc(OCCN3C4CCC3CN(CCOc3cc(N5C6CCC5CN(c5cc(-c7ccccc7O)nnc5N)C6)ccn3)C4)no2)C(C)C)cc1. The molecule has 2 aromatic carbocycles. The average molecular weight is 1050 g/mol. The Bertz CT molecular complexity index is 2980. The molecule has 400 valence electrons. The molecular weight excluding hydrogens is 985 g/mol. The number of phenols is 1. The Kier molecular flexibility index (Phi) is 14.8. The highest BCUT2D eigenvalue weighted by Gasteiger charge is 2.45. The molecule has 11 rings (SSSR count). The molecule has 0 aliphatic carbocycles. The molecule has 5 N–H and O–H groups in total. The number of phenolic OH excluding ortho intramolecular Hbond substituents is 1. The van der Waals surface area contributed by atoms with Crippen LogP contribution in [0.4, 0.5) is 17.2 Å². The van der Waals surface area contributed by atoms with Crippen molar-refractivity contribution >= 4 is 40.3 Å². The van der Waals surface area contributed by atoms with Crippen LogP contribution in [-0.2, 0) is 9.59 Å². The Morgan fingerprint density at radius 1 is 0.855 bits per heavy atom. The van der Waals surface area contributed by atoms with E-state index in [1.165, 1.54) is 4.90 Å². The number of nitrogens with two attached hydrogens (primary N) is 1. The number of anilines is 3. The molecule has 6 aromatic rings. The lowest BCUT2D eigenvalue weighted by Crippen LogP contribution is -2.55. The number of aromatic nitrogens is 5. The van der Waals surface area contributed by atoms with E-state index in [0.717, 1.165) is 98.0 Å². The van der Waals surface area contributed by atoms with Crippen molar-refractivity contribution in [2.24, 2.45) is 5.92 Å². The van der Waals surface area contributed by atoms with E-state index in [4.69, 9.17) is 19.7 Å². The summed E-state index contributed by atoms with van der Waals surface area (Å²) >= 11 is 1.59. The van der Waals surface area contributed by atoms with Crippen molar-refractivity contribution in [2.75, 3.05) is 74.6 Å². The van der Waals surface area contributed by atoms with Gasteiger partial charge in [0.1, 0.15) is 30.9 Å². The highest BCUT2D eigenvalue weighted by molar-refractivity contribution is 7.13. The van der Waals surface area contributed by atoms with Gasteiger partial charge in [0.25, 0.3) is 5.88 Å². The van der Waals surface area contributed by atoms with Gasteiger partial charge in [-0.2, -0.15) is 0 Å². The van der Waals surface area contributed by atoms with Gasteiger partial charge in [-0.25, -0.2) is 9.97 Å². The fourth-order valence-corrected chi connectivity index (χ4v) is 13.2. The van der Waals surface area contributed by atoms with Crippen molar-refractivity contribution < 1.29 is 33.8 Å². The number of fused-ring (bicyclic) bond motifs is 4. The minimum atomic E-state index is -0.830. The monoisotopic (exact) mass is 1050 g/mol. The maximum atomic E-state index is 14.3. The normalized spacial score (nSPS) is 23.3. The van der Waals surface area contributed by atoms with Crippen LogP contribution in [0.5, 0.6) is 17.5 Å². The van der Waals surface area contributed by atoms with Gasteiger partial charge in [0.15, 0.2) is 11.6 Å². The first-order chi connectivity index (χ1) is 36.8. The van der Waals surface area contributed by atoms with Gasteiger partial charge in [-0.1, -0.05) is 50.2 Å². The van der Waals surface area contributed by atoms with E-state index in [1.807, 2.05) is 81.9 Å². The number of aliphatic hydroxyl groups is 1. The summed E-state index contributed by atoms with van der Waals surface area (Å²) in [5, 5.41) is 37.1. The summed E-state index contributed by atoms with van der Waals surface area (Å²) in [5.41, 5.74) is 14.4. The number of aliphatic hydroxyl groups excluding tert-OH is 1. The van der Waals surface area contributed by atoms with Gasteiger partial charge in [-0.05, 0) is 86.0 Å². The zero-order valence-electron chi connectivity index (χ0n) is 43.6. The third kappa shape index (κ3) is 10.6. The van der Waals surface area contributed by atoms with Crippen molar-refractivity contribution in [3.8, 4) is 39.2 Å².